The minimum absolute atomic E-state index is 0.209. The summed E-state index contributed by atoms with van der Waals surface area (Å²) in [6.45, 7) is 6.59. The Morgan fingerprint density at radius 1 is 1.06 bits per heavy atom. The third-order valence-electron chi connectivity index (χ3n) is 6.27. The van der Waals surface area contributed by atoms with E-state index in [0.717, 1.165) is 34.3 Å². The minimum Gasteiger partial charge on any atom is -0.497 e. The molecule has 4 aromatic rings. The van der Waals surface area contributed by atoms with Gasteiger partial charge >= 0.3 is 5.97 Å². The second kappa shape index (κ2) is 8.80. The Bertz CT molecular complexity index is 1510. The number of carbonyl (C=O) groups excluding carboxylic acids is 2. The Labute approximate surface area is 203 Å². The zero-order valence-corrected chi connectivity index (χ0v) is 20.0. The SMILES string of the molecule is CCn1cc(/C=C2/Oc3c(ccc(OC(=O)c4ccc(C)cc4)c3C)C2=O)c2cc(OC)ccc21. The summed E-state index contributed by atoms with van der Waals surface area (Å²) in [5, 5.41) is 0.968. The van der Waals surface area contributed by atoms with Gasteiger partial charge in [-0.25, -0.2) is 4.79 Å². The van der Waals surface area contributed by atoms with Crippen LogP contribution in [0.2, 0.25) is 0 Å². The first-order valence-corrected chi connectivity index (χ1v) is 11.4. The Morgan fingerprint density at radius 2 is 1.83 bits per heavy atom. The van der Waals surface area contributed by atoms with Gasteiger partial charge in [0, 0.05) is 34.8 Å². The number of hydrogen-bond acceptors (Lipinski definition) is 5. The van der Waals surface area contributed by atoms with Gasteiger partial charge in [0.25, 0.3) is 0 Å². The van der Waals surface area contributed by atoms with Crippen LogP contribution in [0.5, 0.6) is 17.2 Å². The second-order valence-electron chi connectivity index (χ2n) is 8.51. The van der Waals surface area contributed by atoms with E-state index in [2.05, 4.69) is 11.5 Å². The van der Waals surface area contributed by atoms with Crippen molar-refractivity contribution < 1.29 is 23.8 Å². The van der Waals surface area contributed by atoms with E-state index in [1.807, 2.05) is 43.5 Å². The van der Waals surface area contributed by atoms with Crippen molar-refractivity contribution in [3.8, 4) is 17.2 Å². The van der Waals surface area contributed by atoms with E-state index in [9.17, 15) is 9.59 Å². The molecular weight excluding hydrogens is 442 g/mol. The van der Waals surface area contributed by atoms with E-state index >= 15 is 0 Å². The van der Waals surface area contributed by atoms with Crippen LogP contribution in [0, 0.1) is 13.8 Å². The van der Waals surface area contributed by atoms with Gasteiger partial charge < -0.3 is 18.8 Å². The molecular formula is C29H25NO5. The fourth-order valence-corrected chi connectivity index (χ4v) is 4.28. The lowest BCUT2D eigenvalue weighted by molar-refractivity contribution is 0.0733. The fraction of sp³-hybridized carbons (Fsp3) is 0.172. The average molecular weight is 468 g/mol. The molecule has 0 saturated carbocycles. The van der Waals surface area contributed by atoms with Crippen molar-refractivity contribution in [2.45, 2.75) is 27.3 Å². The molecule has 0 fully saturated rings. The molecule has 3 aromatic carbocycles. The molecule has 0 spiro atoms. The van der Waals surface area contributed by atoms with Crippen LogP contribution < -0.4 is 14.2 Å². The van der Waals surface area contributed by atoms with Gasteiger partial charge in [0.15, 0.2) is 5.76 Å². The highest BCUT2D eigenvalue weighted by Gasteiger charge is 2.31. The maximum atomic E-state index is 13.1. The highest BCUT2D eigenvalue weighted by molar-refractivity contribution is 6.15. The first-order valence-electron chi connectivity index (χ1n) is 11.4. The summed E-state index contributed by atoms with van der Waals surface area (Å²) < 4.78 is 19.1. The van der Waals surface area contributed by atoms with Crippen LogP contribution in [-0.4, -0.2) is 23.4 Å². The summed E-state index contributed by atoms with van der Waals surface area (Å²) in [4.78, 5) is 25.7. The number of carbonyl (C=O) groups is 2. The number of esters is 1. The molecule has 0 unspecified atom stereocenters. The van der Waals surface area contributed by atoms with Crippen LogP contribution in [0.15, 0.2) is 66.6 Å². The molecule has 0 saturated heterocycles. The molecule has 0 bridgehead atoms. The lowest BCUT2D eigenvalue weighted by Gasteiger charge is -2.10. The molecule has 6 nitrogen and oxygen atoms in total. The van der Waals surface area contributed by atoms with Crippen molar-refractivity contribution in [3.05, 3.63) is 94.4 Å². The van der Waals surface area contributed by atoms with E-state index in [1.165, 1.54) is 0 Å². The van der Waals surface area contributed by atoms with Crippen molar-refractivity contribution in [2.75, 3.05) is 7.11 Å². The van der Waals surface area contributed by atoms with E-state index in [0.29, 0.717) is 28.2 Å². The van der Waals surface area contributed by atoms with E-state index < -0.39 is 5.97 Å². The molecule has 1 aliphatic rings. The zero-order valence-electron chi connectivity index (χ0n) is 20.0. The number of aromatic nitrogens is 1. The van der Waals surface area contributed by atoms with Gasteiger partial charge in [-0.1, -0.05) is 17.7 Å². The van der Waals surface area contributed by atoms with Gasteiger partial charge in [-0.15, -0.1) is 0 Å². The Kier molecular flexibility index (Phi) is 5.65. The maximum Gasteiger partial charge on any atom is 0.343 e. The second-order valence-corrected chi connectivity index (χ2v) is 8.51. The van der Waals surface area contributed by atoms with Gasteiger partial charge in [-0.3, -0.25) is 4.79 Å². The first-order chi connectivity index (χ1) is 16.9. The maximum absolute atomic E-state index is 13.1. The van der Waals surface area contributed by atoms with Gasteiger partial charge in [-0.05, 0) is 69.3 Å². The number of allylic oxidation sites excluding steroid dienone is 1. The zero-order chi connectivity index (χ0) is 24.7. The number of benzene rings is 3. The molecule has 0 atom stereocenters. The van der Waals surface area contributed by atoms with Crippen molar-refractivity contribution >= 4 is 28.7 Å². The Hall–Kier alpha value is -4.32. The van der Waals surface area contributed by atoms with Gasteiger partial charge in [-0.2, -0.15) is 0 Å². The number of nitrogens with zero attached hydrogens (tertiary/aromatic N) is 1. The van der Waals surface area contributed by atoms with Crippen molar-refractivity contribution in [2.24, 2.45) is 0 Å². The lowest BCUT2D eigenvalue weighted by Crippen LogP contribution is -2.09. The summed E-state index contributed by atoms with van der Waals surface area (Å²) in [6, 6.07) is 16.3. The number of rotatable bonds is 5. The van der Waals surface area contributed by atoms with Crippen LogP contribution in [0.25, 0.3) is 17.0 Å². The third-order valence-corrected chi connectivity index (χ3v) is 6.27. The van der Waals surface area contributed by atoms with E-state index in [4.69, 9.17) is 14.2 Å². The molecule has 35 heavy (non-hydrogen) atoms. The van der Waals surface area contributed by atoms with Crippen LogP contribution in [0.4, 0.5) is 0 Å². The number of ether oxygens (including phenoxy) is 3. The molecule has 0 N–H and O–H groups in total. The van der Waals surface area contributed by atoms with Gasteiger partial charge in [0.05, 0.1) is 18.2 Å². The summed E-state index contributed by atoms with van der Waals surface area (Å²) in [6.07, 6.45) is 3.76. The highest BCUT2D eigenvalue weighted by atomic mass is 16.5. The highest BCUT2D eigenvalue weighted by Crippen LogP contribution is 2.40. The lowest BCUT2D eigenvalue weighted by atomic mass is 10.1. The molecule has 0 aliphatic carbocycles. The predicted molar refractivity (Wildman–Crippen MR) is 134 cm³/mol. The quantitative estimate of drug-likeness (QED) is 0.201. The normalized spacial score (nSPS) is 13.7. The topological polar surface area (TPSA) is 66.8 Å². The first kappa shape index (κ1) is 22.5. The number of Topliss-reactive ketones (excluding diaryl/α,β-unsaturated/α-hetero) is 1. The predicted octanol–water partition coefficient (Wildman–Crippen LogP) is 6.12. The van der Waals surface area contributed by atoms with Crippen molar-refractivity contribution in [1.82, 2.24) is 4.57 Å². The molecule has 6 heteroatoms. The van der Waals surface area contributed by atoms with E-state index in [1.54, 1.807) is 44.4 Å². The number of methoxy groups -OCH3 is 1. The molecule has 0 amide bonds. The molecule has 5 rings (SSSR count). The molecule has 2 heterocycles. The number of ketones is 1. The van der Waals surface area contributed by atoms with Crippen LogP contribution in [0.1, 0.15) is 44.3 Å². The van der Waals surface area contributed by atoms with Crippen molar-refractivity contribution in [1.29, 1.82) is 0 Å². The van der Waals surface area contributed by atoms with Crippen LogP contribution in [-0.2, 0) is 6.54 Å². The Balaban J connectivity index is 1.47. The summed E-state index contributed by atoms with van der Waals surface area (Å²) >= 11 is 0. The van der Waals surface area contributed by atoms with Crippen LogP contribution in [0.3, 0.4) is 0 Å². The van der Waals surface area contributed by atoms with Gasteiger partial charge in [0.1, 0.15) is 17.2 Å². The number of hydrogen-bond donors (Lipinski definition) is 0. The van der Waals surface area contributed by atoms with Crippen LogP contribution >= 0.6 is 0 Å². The van der Waals surface area contributed by atoms with E-state index in [-0.39, 0.29) is 11.5 Å². The summed E-state index contributed by atoms with van der Waals surface area (Å²) in [5.74, 6) is 1.06. The molecule has 1 aromatic heterocycles. The average Bonchev–Trinajstić information content (AvgIpc) is 3.38. The summed E-state index contributed by atoms with van der Waals surface area (Å²) in [7, 11) is 1.63. The largest absolute Gasteiger partial charge is 0.497 e. The monoisotopic (exact) mass is 467 g/mol. The standard InChI is InChI=1S/C29H25NO5/c1-5-30-16-20(23-15-21(33-4)10-12-24(23)30)14-26-27(31)22-11-13-25(18(3)28(22)34-26)35-29(32)19-8-6-17(2)7-9-19/h6-16H,5H2,1-4H3/b26-14+. The van der Waals surface area contributed by atoms with Crippen molar-refractivity contribution in [3.63, 3.8) is 0 Å². The molecule has 1 aliphatic heterocycles. The Morgan fingerprint density at radius 3 is 2.54 bits per heavy atom. The number of aryl methyl sites for hydroxylation is 2. The fourth-order valence-electron chi connectivity index (χ4n) is 4.28. The molecule has 176 valence electrons. The molecule has 0 radical (unpaired) electrons. The minimum atomic E-state index is -0.463. The smallest absolute Gasteiger partial charge is 0.343 e. The summed E-state index contributed by atoms with van der Waals surface area (Å²) in [5.41, 5.74) is 4.46. The van der Waals surface area contributed by atoms with Gasteiger partial charge in [0.2, 0.25) is 5.78 Å². The third kappa shape index (κ3) is 3.97. The number of fused-ring (bicyclic) bond motifs is 2.